The molecular weight excluding hydrogens is 370 g/mol. The van der Waals surface area contributed by atoms with Gasteiger partial charge in [0.1, 0.15) is 0 Å². The third-order valence-electron chi connectivity index (χ3n) is 6.25. The van der Waals surface area contributed by atoms with E-state index < -0.39 is 11.8 Å². The zero-order valence-electron chi connectivity index (χ0n) is 17.3. The maximum atomic E-state index is 12.2. The molecule has 0 unspecified atom stereocenters. The van der Waals surface area contributed by atoms with Crippen LogP contribution in [0, 0.1) is 17.8 Å². The van der Waals surface area contributed by atoms with Crippen LogP contribution in [-0.2, 0) is 14.3 Å². The minimum absolute atomic E-state index is 0.337. The normalized spacial score (nSPS) is 22.2. The largest absolute Gasteiger partial charge is 0.455 e. The zero-order valence-corrected chi connectivity index (χ0v) is 17.3. The van der Waals surface area contributed by atoms with E-state index in [9.17, 15) is 14.4 Å². The first-order valence-electron chi connectivity index (χ1n) is 10.6. The van der Waals surface area contributed by atoms with Gasteiger partial charge in [0, 0.05) is 30.8 Å². The van der Waals surface area contributed by atoms with Crippen LogP contribution >= 0.6 is 0 Å². The van der Waals surface area contributed by atoms with Crippen molar-refractivity contribution in [3.8, 4) is 0 Å². The first kappa shape index (κ1) is 21.1. The summed E-state index contributed by atoms with van der Waals surface area (Å²) in [5.74, 6) is 0.516. The summed E-state index contributed by atoms with van der Waals surface area (Å²) in [5, 5.41) is 0. The van der Waals surface area contributed by atoms with Crippen molar-refractivity contribution in [3.05, 3.63) is 29.8 Å². The number of amides is 2. The standard InChI is InChI=1S/C22H31N3O4/c1-3-25(4-2)19-9-7-16(8-10-19)22(28)24-23-20(26)14-29-21(27)13-18-12-15-5-6-17(18)11-15/h7-10,15,17-18H,3-6,11-14H2,1-2H3,(H,23,26)(H,24,28)/t15-,17+,18+/m0/s1. The highest BCUT2D eigenvalue weighted by Gasteiger charge is 2.40. The van der Waals surface area contributed by atoms with Crippen LogP contribution in [0.15, 0.2) is 24.3 Å². The van der Waals surface area contributed by atoms with Crippen LogP contribution in [0.3, 0.4) is 0 Å². The second-order valence-corrected chi connectivity index (χ2v) is 8.02. The van der Waals surface area contributed by atoms with Crippen LogP contribution in [0.2, 0.25) is 0 Å². The summed E-state index contributed by atoms with van der Waals surface area (Å²) < 4.78 is 5.07. The number of hydrogen-bond acceptors (Lipinski definition) is 5. The fourth-order valence-electron chi connectivity index (χ4n) is 4.69. The third-order valence-corrected chi connectivity index (χ3v) is 6.25. The molecular formula is C22H31N3O4. The number of benzene rings is 1. The molecule has 2 amide bonds. The molecule has 0 aromatic heterocycles. The number of nitrogens with one attached hydrogen (secondary N) is 2. The molecule has 1 aromatic rings. The molecule has 29 heavy (non-hydrogen) atoms. The number of esters is 1. The average molecular weight is 402 g/mol. The first-order chi connectivity index (χ1) is 14.0. The third kappa shape index (κ3) is 5.49. The Labute approximate surface area is 172 Å². The van der Waals surface area contributed by atoms with Gasteiger partial charge in [-0.3, -0.25) is 25.2 Å². The summed E-state index contributed by atoms with van der Waals surface area (Å²) in [6, 6.07) is 7.18. The quantitative estimate of drug-likeness (QED) is 0.517. The van der Waals surface area contributed by atoms with Gasteiger partial charge in [0.25, 0.3) is 11.8 Å². The number of anilines is 1. The molecule has 0 spiro atoms. The molecule has 7 heteroatoms. The minimum Gasteiger partial charge on any atom is -0.455 e. The molecule has 0 aliphatic heterocycles. The van der Waals surface area contributed by atoms with Crippen molar-refractivity contribution in [1.29, 1.82) is 0 Å². The van der Waals surface area contributed by atoms with Crippen molar-refractivity contribution >= 4 is 23.5 Å². The molecule has 2 aliphatic carbocycles. The van der Waals surface area contributed by atoms with Crippen molar-refractivity contribution in [2.24, 2.45) is 17.8 Å². The number of carbonyl (C=O) groups is 3. The highest BCUT2D eigenvalue weighted by atomic mass is 16.5. The van der Waals surface area contributed by atoms with Crippen molar-refractivity contribution < 1.29 is 19.1 Å². The minimum atomic E-state index is -0.556. The number of ether oxygens (including phenoxy) is 1. The van der Waals surface area contributed by atoms with Crippen molar-refractivity contribution in [2.45, 2.75) is 46.0 Å². The van der Waals surface area contributed by atoms with E-state index in [1.54, 1.807) is 12.1 Å². The van der Waals surface area contributed by atoms with Crippen LogP contribution in [0.5, 0.6) is 0 Å². The molecule has 158 valence electrons. The van der Waals surface area contributed by atoms with Gasteiger partial charge in [-0.1, -0.05) is 6.42 Å². The molecule has 3 rings (SSSR count). The zero-order chi connectivity index (χ0) is 20.8. The van der Waals surface area contributed by atoms with E-state index in [0.717, 1.165) is 31.1 Å². The summed E-state index contributed by atoms with van der Waals surface area (Å²) in [5.41, 5.74) is 6.12. The van der Waals surface area contributed by atoms with E-state index in [0.29, 0.717) is 23.8 Å². The number of carbonyl (C=O) groups excluding carboxylic acids is 3. The second kappa shape index (κ2) is 9.76. The van der Waals surface area contributed by atoms with Gasteiger partial charge in [0.15, 0.2) is 6.61 Å². The fraction of sp³-hybridized carbons (Fsp3) is 0.591. The molecule has 1 aromatic carbocycles. The number of nitrogens with zero attached hydrogens (tertiary/aromatic N) is 1. The Morgan fingerprint density at radius 1 is 1.03 bits per heavy atom. The molecule has 0 saturated heterocycles. The topological polar surface area (TPSA) is 87.7 Å². The molecule has 2 fully saturated rings. The molecule has 3 atom stereocenters. The Hall–Kier alpha value is -2.57. The molecule has 2 saturated carbocycles. The van der Waals surface area contributed by atoms with Gasteiger partial charge < -0.3 is 9.64 Å². The van der Waals surface area contributed by atoms with Crippen LogP contribution in [0.4, 0.5) is 5.69 Å². The van der Waals surface area contributed by atoms with E-state index >= 15 is 0 Å². The van der Waals surface area contributed by atoms with E-state index in [1.807, 2.05) is 12.1 Å². The molecule has 0 radical (unpaired) electrons. The lowest BCUT2D eigenvalue weighted by Crippen LogP contribution is -2.43. The maximum Gasteiger partial charge on any atom is 0.306 e. The summed E-state index contributed by atoms with van der Waals surface area (Å²) >= 11 is 0. The van der Waals surface area contributed by atoms with Gasteiger partial charge in [-0.15, -0.1) is 0 Å². The number of hydrazine groups is 1. The van der Waals surface area contributed by atoms with E-state index in [-0.39, 0.29) is 12.6 Å². The smallest absolute Gasteiger partial charge is 0.306 e. The van der Waals surface area contributed by atoms with Crippen LogP contribution in [0.25, 0.3) is 0 Å². The summed E-state index contributed by atoms with van der Waals surface area (Å²) in [6.45, 7) is 5.53. The van der Waals surface area contributed by atoms with E-state index in [4.69, 9.17) is 4.74 Å². The van der Waals surface area contributed by atoms with Gasteiger partial charge in [-0.2, -0.15) is 0 Å². The molecule has 2 bridgehead atoms. The predicted molar refractivity (Wildman–Crippen MR) is 110 cm³/mol. The predicted octanol–water partition coefficient (Wildman–Crippen LogP) is 2.66. The van der Waals surface area contributed by atoms with Crippen molar-refractivity contribution in [2.75, 3.05) is 24.6 Å². The fourth-order valence-corrected chi connectivity index (χ4v) is 4.69. The Morgan fingerprint density at radius 2 is 1.76 bits per heavy atom. The Balaban J connectivity index is 1.36. The SMILES string of the molecule is CCN(CC)c1ccc(C(=O)NNC(=O)COC(=O)C[C@H]2C[C@H]3CC[C@@H]2C3)cc1. The maximum absolute atomic E-state index is 12.2. The number of hydrogen-bond donors (Lipinski definition) is 2. The second-order valence-electron chi connectivity index (χ2n) is 8.02. The lowest BCUT2D eigenvalue weighted by molar-refractivity contribution is -0.150. The summed E-state index contributed by atoms with van der Waals surface area (Å²) in [7, 11) is 0. The first-order valence-corrected chi connectivity index (χ1v) is 10.6. The van der Waals surface area contributed by atoms with Gasteiger partial charge in [0.2, 0.25) is 0 Å². The van der Waals surface area contributed by atoms with Gasteiger partial charge in [-0.25, -0.2) is 0 Å². The Morgan fingerprint density at radius 3 is 2.34 bits per heavy atom. The highest BCUT2D eigenvalue weighted by Crippen LogP contribution is 2.49. The van der Waals surface area contributed by atoms with Crippen molar-refractivity contribution in [1.82, 2.24) is 10.9 Å². The van der Waals surface area contributed by atoms with Crippen LogP contribution in [0.1, 0.15) is 56.3 Å². The molecule has 2 N–H and O–H groups in total. The Bertz CT molecular complexity index is 730. The lowest BCUT2D eigenvalue weighted by atomic mass is 9.86. The van der Waals surface area contributed by atoms with Crippen molar-refractivity contribution in [3.63, 3.8) is 0 Å². The Kier molecular flexibility index (Phi) is 7.12. The van der Waals surface area contributed by atoms with Gasteiger partial charge in [-0.05, 0) is 75.1 Å². The number of fused-ring (bicyclic) bond motifs is 2. The number of rotatable bonds is 8. The highest BCUT2D eigenvalue weighted by molar-refractivity contribution is 5.95. The van der Waals surface area contributed by atoms with Crippen LogP contribution in [-0.4, -0.2) is 37.5 Å². The summed E-state index contributed by atoms with van der Waals surface area (Å²) in [6.07, 6.45) is 5.23. The lowest BCUT2D eigenvalue weighted by Gasteiger charge is -2.21. The summed E-state index contributed by atoms with van der Waals surface area (Å²) in [4.78, 5) is 38.2. The van der Waals surface area contributed by atoms with Crippen LogP contribution < -0.4 is 15.8 Å². The average Bonchev–Trinajstić information content (AvgIpc) is 3.35. The van der Waals surface area contributed by atoms with Gasteiger partial charge >= 0.3 is 5.97 Å². The molecule has 0 heterocycles. The molecule has 2 aliphatic rings. The van der Waals surface area contributed by atoms with E-state index in [2.05, 4.69) is 29.6 Å². The monoisotopic (exact) mass is 401 g/mol. The van der Waals surface area contributed by atoms with E-state index in [1.165, 1.54) is 19.3 Å². The molecule has 7 nitrogen and oxygen atoms in total. The van der Waals surface area contributed by atoms with Gasteiger partial charge in [0.05, 0.1) is 0 Å².